The molecule has 28 heavy (non-hydrogen) atoms. The third kappa shape index (κ3) is 2.93. The first kappa shape index (κ1) is 17.8. The van der Waals surface area contributed by atoms with Gasteiger partial charge in [-0.05, 0) is 47.8 Å². The van der Waals surface area contributed by atoms with E-state index in [-0.39, 0.29) is 0 Å². The van der Waals surface area contributed by atoms with Crippen LogP contribution in [-0.2, 0) is 13.5 Å². The van der Waals surface area contributed by atoms with Crippen LogP contribution in [0.2, 0.25) is 18.1 Å². The number of fused-ring (bicyclic) bond motifs is 2. The van der Waals surface area contributed by atoms with Crippen molar-refractivity contribution in [1.29, 1.82) is 0 Å². The number of benzene rings is 1. The molecule has 2 nitrogen and oxygen atoms in total. The molecule has 2 aromatic heterocycles. The monoisotopic (exact) mass is 385 g/mol. The van der Waals surface area contributed by atoms with Crippen LogP contribution < -0.4 is 9.75 Å². The summed E-state index contributed by atoms with van der Waals surface area (Å²) in [5, 5.41) is 1.78. The van der Waals surface area contributed by atoms with E-state index in [0.29, 0.717) is 0 Å². The fourth-order valence-corrected chi connectivity index (χ4v) is 11.0. The number of aromatic nitrogens is 2. The first-order valence-corrected chi connectivity index (χ1v) is 13.3. The summed E-state index contributed by atoms with van der Waals surface area (Å²) in [6.07, 6.45) is 11.9. The molecule has 3 aromatic rings. The fraction of sp³-hybridized carbons (Fsp3) is 0.360. The van der Waals surface area contributed by atoms with E-state index in [0.717, 1.165) is 0 Å². The van der Waals surface area contributed by atoms with E-state index in [1.54, 1.807) is 10.8 Å². The van der Waals surface area contributed by atoms with E-state index in [1.807, 2.05) is 18.5 Å². The SMILES string of the molecule is Cc1ccc(-c2cccnc2)cc1-c1cc2c(c[n+]1C)CC[Si]21CCCCC1. The van der Waals surface area contributed by atoms with E-state index in [9.17, 15) is 0 Å². The van der Waals surface area contributed by atoms with Crippen molar-refractivity contribution < 1.29 is 4.57 Å². The van der Waals surface area contributed by atoms with Crippen LogP contribution in [0.3, 0.4) is 0 Å². The smallest absolute Gasteiger partial charge is 0.212 e. The zero-order valence-corrected chi connectivity index (χ0v) is 18.0. The normalized spacial score (nSPS) is 17.6. The third-order valence-electron chi connectivity index (χ3n) is 7.12. The fourth-order valence-electron chi connectivity index (χ4n) is 5.53. The maximum atomic E-state index is 4.31. The standard InChI is InChI=1S/C25H29N2Si/c1-19-8-9-20(21-7-6-11-26-17-21)15-23(19)24-16-25-22(18-27(24)2)10-14-28(25)12-4-3-5-13-28/h6-9,11,15-18H,3-5,10,12-14H2,1-2H3/q+1. The lowest BCUT2D eigenvalue weighted by atomic mass is 9.98. The van der Waals surface area contributed by atoms with Gasteiger partial charge >= 0.3 is 0 Å². The van der Waals surface area contributed by atoms with Gasteiger partial charge in [0, 0.05) is 35.2 Å². The Kier molecular flexibility index (Phi) is 4.43. The van der Waals surface area contributed by atoms with Gasteiger partial charge in [0.15, 0.2) is 6.20 Å². The maximum Gasteiger partial charge on any atom is 0.212 e. The number of pyridine rings is 2. The van der Waals surface area contributed by atoms with Gasteiger partial charge < -0.3 is 0 Å². The van der Waals surface area contributed by atoms with Crippen molar-refractivity contribution in [2.75, 3.05) is 0 Å². The number of hydrogen-bond acceptors (Lipinski definition) is 1. The van der Waals surface area contributed by atoms with Gasteiger partial charge in [0.25, 0.3) is 0 Å². The van der Waals surface area contributed by atoms with Gasteiger partial charge in [-0.15, -0.1) is 0 Å². The molecule has 0 aliphatic carbocycles. The van der Waals surface area contributed by atoms with Gasteiger partial charge in [0.2, 0.25) is 5.69 Å². The largest absolute Gasteiger partial charge is 0.264 e. The quantitative estimate of drug-likeness (QED) is 0.451. The molecule has 1 aromatic carbocycles. The van der Waals surface area contributed by atoms with Gasteiger partial charge in [0.1, 0.15) is 7.05 Å². The Morgan fingerprint density at radius 3 is 2.61 bits per heavy atom. The lowest BCUT2D eigenvalue weighted by molar-refractivity contribution is -0.660. The molecule has 4 heterocycles. The Morgan fingerprint density at radius 2 is 1.82 bits per heavy atom. The Labute approximate surface area is 169 Å². The average Bonchev–Trinajstić information content (AvgIpc) is 3.06. The van der Waals surface area contributed by atoms with Crippen LogP contribution in [0.1, 0.15) is 30.4 Å². The second-order valence-corrected chi connectivity index (χ2v) is 13.4. The van der Waals surface area contributed by atoms with Crippen molar-refractivity contribution in [2.45, 2.75) is 50.7 Å². The first-order valence-electron chi connectivity index (χ1n) is 10.7. The molecular weight excluding hydrogens is 356 g/mol. The summed E-state index contributed by atoms with van der Waals surface area (Å²) < 4.78 is 2.37. The second kappa shape index (κ2) is 6.96. The number of aryl methyl sites for hydroxylation is 3. The van der Waals surface area contributed by atoms with E-state index in [1.165, 1.54) is 71.8 Å². The van der Waals surface area contributed by atoms with Crippen molar-refractivity contribution in [3.8, 4) is 22.4 Å². The minimum atomic E-state index is -1.25. The van der Waals surface area contributed by atoms with E-state index in [2.05, 4.69) is 60.1 Å². The Balaban J connectivity index is 1.64. The van der Waals surface area contributed by atoms with Crippen LogP contribution in [0.5, 0.6) is 0 Å². The highest BCUT2D eigenvalue weighted by atomic mass is 28.3. The molecule has 142 valence electrons. The molecule has 1 fully saturated rings. The van der Waals surface area contributed by atoms with Crippen molar-refractivity contribution >= 4 is 13.3 Å². The first-order chi connectivity index (χ1) is 13.7. The zero-order chi connectivity index (χ0) is 19.1. The van der Waals surface area contributed by atoms with Crippen LogP contribution in [0, 0.1) is 6.92 Å². The van der Waals surface area contributed by atoms with E-state index >= 15 is 0 Å². The average molecular weight is 386 g/mol. The molecule has 0 unspecified atom stereocenters. The summed E-state index contributed by atoms with van der Waals surface area (Å²) in [4.78, 5) is 4.31. The van der Waals surface area contributed by atoms with Crippen LogP contribution >= 0.6 is 0 Å². The molecule has 1 saturated heterocycles. The molecule has 0 bridgehead atoms. The van der Waals surface area contributed by atoms with E-state index < -0.39 is 8.07 Å². The van der Waals surface area contributed by atoms with Gasteiger partial charge in [-0.25, -0.2) is 4.57 Å². The van der Waals surface area contributed by atoms with Crippen LogP contribution in [0.15, 0.2) is 55.0 Å². The van der Waals surface area contributed by atoms with Crippen molar-refractivity contribution in [3.63, 3.8) is 0 Å². The van der Waals surface area contributed by atoms with Crippen molar-refractivity contribution in [2.24, 2.45) is 7.05 Å². The Hall–Kier alpha value is -2.26. The minimum Gasteiger partial charge on any atom is -0.264 e. The predicted octanol–water partition coefficient (Wildman–Crippen LogP) is 4.94. The van der Waals surface area contributed by atoms with Gasteiger partial charge in [0.05, 0.1) is 8.07 Å². The van der Waals surface area contributed by atoms with Gasteiger partial charge in [-0.2, -0.15) is 0 Å². The van der Waals surface area contributed by atoms with Crippen molar-refractivity contribution in [3.05, 3.63) is 66.1 Å². The number of nitrogens with zero attached hydrogens (tertiary/aromatic N) is 2. The maximum absolute atomic E-state index is 4.31. The predicted molar refractivity (Wildman–Crippen MR) is 118 cm³/mol. The van der Waals surface area contributed by atoms with Crippen LogP contribution in [-0.4, -0.2) is 13.1 Å². The molecule has 3 heteroatoms. The molecule has 1 spiro atoms. The van der Waals surface area contributed by atoms with Gasteiger partial charge in [-0.1, -0.05) is 49.5 Å². The molecule has 0 amide bonds. The summed E-state index contributed by atoms with van der Waals surface area (Å²) in [6, 6.07) is 18.1. The zero-order valence-electron chi connectivity index (χ0n) is 17.0. The van der Waals surface area contributed by atoms with Crippen LogP contribution in [0.25, 0.3) is 22.4 Å². The summed E-state index contributed by atoms with van der Waals surface area (Å²) in [5.74, 6) is 0. The molecule has 0 radical (unpaired) electrons. The van der Waals surface area contributed by atoms with Crippen molar-refractivity contribution in [1.82, 2.24) is 4.98 Å². The molecule has 2 aliphatic rings. The lowest BCUT2D eigenvalue weighted by Crippen LogP contribution is -2.48. The topological polar surface area (TPSA) is 16.8 Å². The molecule has 0 atom stereocenters. The Morgan fingerprint density at radius 1 is 0.964 bits per heavy atom. The summed E-state index contributed by atoms with van der Waals surface area (Å²) >= 11 is 0. The molecular formula is C25H29N2Si+. The van der Waals surface area contributed by atoms with E-state index in [4.69, 9.17) is 0 Å². The molecule has 5 rings (SSSR count). The number of rotatable bonds is 2. The minimum absolute atomic E-state index is 1.19. The highest BCUT2D eigenvalue weighted by molar-refractivity contribution is 6.93. The molecule has 0 saturated carbocycles. The summed E-state index contributed by atoms with van der Waals surface area (Å²) in [7, 11) is 0.976. The third-order valence-corrected chi connectivity index (χ3v) is 12.6. The summed E-state index contributed by atoms with van der Waals surface area (Å²) in [5.41, 5.74) is 8.16. The van der Waals surface area contributed by atoms with Gasteiger partial charge in [-0.3, -0.25) is 4.98 Å². The second-order valence-electron chi connectivity index (χ2n) is 8.82. The lowest BCUT2D eigenvalue weighted by Gasteiger charge is -2.32. The highest BCUT2D eigenvalue weighted by Gasteiger charge is 2.43. The summed E-state index contributed by atoms with van der Waals surface area (Å²) in [6.45, 7) is 2.24. The molecule has 2 aliphatic heterocycles. The van der Waals surface area contributed by atoms with Crippen LogP contribution in [0.4, 0.5) is 0 Å². The Bertz CT molecular complexity index is 1020. The highest BCUT2D eigenvalue weighted by Crippen LogP contribution is 2.38. The molecule has 0 N–H and O–H groups in total. The number of hydrogen-bond donors (Lipinski definition) is 0.